The number of guanidine groups is 1. The highest BCUT2D eigenvalue weighted by molar-refractivity contribution is 7.91. The summed E-state index contributed by atoms with van der Waals surface area (Å²) in [6.07, 6.45) is 2.76. The molecule has 0 bridgehead atoms. The van der Waals surface area contributed by atoms with Gasteiger partial charge in [0, 0.05) is 38.9 Å². The van der Waals surface area contributed by atoms with E-state index in [4.69, 9.17) is 0 Å². The van der Waals surface area contributed by atoms with Crippen LogP contribution in [-0.2, 0) is 9.84 Å². The normalized spacial score (nSPS) is 19.9. The lowest BCUT2D eigenvalue weighted by molar-refractivity contribution is 0.599. The quantitative estimate of drug-likeness (QED) is 0.439. The fraction of sp³-hybridized carbons (Fsp3) is 0.588. The Morgan fingerprint density at radius 1 is 1.29 bits per heavy atom. The van der Waals surface area contributed by atoms with Crippen LogP contribution in [-0.4, -0.2) is 59.1 Å². The van der Waals surface area contributed by atoms with Crippen molar-refractivity contribution in [2.45, 2.75) is 25.3 Å². The molecule has 2 N–H and O–H groups in total. The third-order valence-corrected chi connectivity index (χ3v) is 5.97. The van der Waals surface area contributed by atoms with E-state index in [1.54, 1.807) is 7.05 Å². The third-order valence-electron chi connectivity index (χ3n) is 4.21. The lowest BCUT2D eigenvalue weighted by Crippen LogP contribution is -2.44. The van der Waals surface area contributed by atoms with Crippen molar-refractivity contribution >= 4 is 21.5 Å². The Labute approximate surface area is 145 Å². The van der Waals surface area contributed by atoms with Gasteiger partial charge in [0.05, 0.1) is 11.5 Å². The SMILES string of the molecule is CN=C(NCCCCN(C)c1ccccc1)NC1CCS(=O)(=O)C1. The number of hydrogen-bond donors (Lipinski definition) is 2. The average molecular weight is 353 g/mol. The van der Waals surface area contributed by atoms with E-state index in [0.29, 0.717) is 12.4 Å². The number of benzene rings is 1. The van der Waals surface area contributed by atoms with Crippen LogP contribution in [0.3, 0.4) is 0 Å². The van der Waals surface area contributed by atoms with E-state index in [0.717, 1.165) is 25.9 Å². The number of nitrogens with one attached hydrogen (secondary N) is 2. The number of rotatable bonds is 7. The molecular formula is C17H28N4O2S. The van der Waals surface area contributed by atoms with Gasteiger partial charge in [0.25, 0.3) is 0 Å². The largest absolute Gasteiger partial charge is 0.375 e. The van der Waals surface area contributed by atoms with Crippen molar-refractivity contribution in [3.05, 3.63) is 30.3 Å². The van der Waals surface area contributed by atoms with Crippen LogP contribution in [0.5, 0.6) is 0 Å². The van der Waals surface area contributed by atoms with E-state index in [1.807, 2.05) is 18.2 Å². The molecule has 0 aromatic heterocycles. The van der Waals surface area contributed by atoms with Crippen molar-refractivity contribution in [3.8, 4) is 0 Å². The Hall–Kier alpha value is -1.76. The molecule has 0 spiro atoms. The molecule has 1 atom stereocenters. The number of unbranched alkanes of at least 4 members (excludes halogenated alkanes) is 1. The predicted octanol–water partition coefficient (Wildman–Crippen LogP) is 1.26. The summed E-state index contributed by atoms with van der Waals surface area (Å²) >= 11 is 0. The van der Waals surface area contributed by atoms with Crippen LogP contribution in [0.4, 0.5) is 5.69 Å². The van der Waals surface area contributed by atoms with Gasteiger partial charge < -0.3 is 15.5 Å². The number of nitrogens with zero attached hydrogens (tertiary/aromatic N) is 2. The minimum Gasteiger partial charge on any atom is -0.375 e. The summed E-state index contributed by atoms with van der Waals surface area (Å²) in [4.78, 5) is 6.42. The highest BCUT2D eigenvalue weighted by Crippen LogP contribution is 2.12. The molecule has 0 aliphatic carbocycles. The predicted molar refractivity (Wildman–Crippen MR) is 101 cm³/mol. The lowest BCUT2D eigenvalue weighted by Gasteiger charge is -2.19. The molecule has 1 aromatic carbocycles. The molecule has 1 fully saturated rings. The van der Waals surface area contributed by atoms with E-state index in [9.17, 15) is 8.42 Å². The maximum Gasteiger partial charge on any atom is 0.191 e. The van der Waals surface area contributed by atoms with Gasteiger partial charge >= 0.3 is 0 Å². The summed E-state index contributed by atoms with van der Waals surface area (Å²) in [6.45, 7) is 1.82. The van der Waals surface area contributed by atoms with Gasteiger partial charge in [-0.1, -0.05) is 18.2 Å². The summed E-state index contributed by atoms with van der Waals surface area (Å²) in [5.41, 5.74) is 1.23. The lowest BCUT2D eigenvalue weighted by atomic mass is 10.2. The second kappa shape index (κ2) is 8.92. The van der Waals surface area contributed by atoms with Crippen molar-refractivity contribution in [1.29, 1.82) is 0 Å². The van der Waals surface area contributed by atoms with Gasteiger partial charge in [0.1, 0.15) is 0 Å². The van der Waals surface area contributed by atoms with Gasteiger partial charge in [-0.3, -0.25) is 4.99 Å². The molecule has 1 aliphatic heterocycles. The number of aliphatic imine (C=N–C) groups is 1. The summed E-state index contributed by atoms with van der Waals surface area (Å²) in [6, 6.07) is 10.3. The van der Waals surface area contributed by atoms with Crippen molar-refractivity contribution in [2.24, 2.45) is 4.99 Å². The first-order valence-electron chi connectivity index (χ1n) is 8.44. The van der Waals surface area contributed by atoms with Gasteiger partial charge in [0.2, 0.25) is 0 Å². The summed E-state index contributed by atoms with van der Waals surface area (Å²) in [5.74, 6) is 1.16. The molecule has 1 unspecified atom stereocenters. The zero-order valence-corrected chi connectivity index (χ0v) is 15.3. The Morgan fingerprint density at radius 2 is 2.04 bits per heavy atom. The molecule has 24 heavy (non-hydrogen) atoms. The highest BCUT2D eigenvalue weighted by Gasteiger charge is 2.28. The minimum atomic E-state index is -2.87. The zero-order valence-electron chi connectivity index (χ0n) is 14.5. The number of sulfone groups is 1. The van der Waals surface area contributed by atoms with Gasteiger partial charge in [0.15, 0.2) is 15.8 Å². The molecule has 1 saturated heterocycles. The van der Waals surface area contributed by atoms with E-state index in [2.05, 4.69) is 39.7 Å². The van der Waals surface area contributed by atoms with Gasteiger partial charge in [-0.05, 0) is 31.4 Å². The molecule has 6 nitrogen and oxygen atoms in total. The van der Waals surface area contributed by atoms with Crippen LogP contribution in [0.25, 0.3) is 0 Å². The van der Waals surface area contributed by atoms with Crippen LogP contribution in [0.1, 0.15) is 19.3 Å². The monoisotopic (exact) mass is 352 g/mol. The molecule has 134 valence electrons. The van der Waals surface area contributed by atoms with Crippen LogP contribution in [0, 0.1) is 0 Å². The summed E-state index contributed by atoms with van der Waals surface area (Å²) in [5, 5.41) is 6.46. The molecule has 0 amide bonds. The second-order valence-corrected chi connectivity index (χ2v) is 8.44. The zero-order chi connectivity index (χ0) is 17.4. The number of para-hydroxylation sites is 1. The van der Waals surface area contributed by atoms with Crippen molar-refractivity contribution in [2.75, 3.05) is 43.6 Å². The molecule has 7 heteroatoms. The van der Waals surface area contributed by atoms with E-state index in [-0.39, 0.29) is 17.5 Å². The van der Waals surface area contributed by atoms with E-state index in [1.165, 1.54) is 5.69 Å². The van der Waals surface area contributed by atoms with E-state index < -0.39 is 9.84 Å². The first-order valence-corrected chi connectivity index (χ1v) is 10.3. The van der Waals surface area contributed by atoms with Gasteiger partial charge in [-0.25, -0.2) is 8.42 Å². The van der Waals surface area contributed by atoms with Gasteiger partial charge in [-0.2, -0.15) is 0 Å². The minimum absolute atomic E-state index is 0.0228. The summed E-state index contributed by atoms with van der Waals surface area (Å²) in [7, 11) is 0.946. The third kappa shape index (κ3) is 6.03. The molecule has 1 aromatic rings. The molecule has 1 heterocycles. The van der Waals surface area contributed by atoms with Crippen molar-refractivity contribution in [3.63, 3.8) is 0 Å². The topological polar surface area (TPSA) is 73.8 Å². The number of anilines is 1. The Balaban J connectivity index is 1.62. The van der Waals surface area contributed by atoms with Crippen LogP contribution < -0.4 is 15.5 Å². The first-order chi connectivity index (χ1) is 11.5. The first kappa shape index (κ1) is 18.6. The molecular weight excluding hydrogens is 324 g/mol. The smallest absolute Gasteiger partial charge is 0.191 e. The number of hydrogen-bond acceptors (Lipinski definition) is 4. The average Bonchev–Trinajstić information content (AvgIpc) is 2.92. The van der Waals surface area contributed by atoms with Crippen molar-refractivity contribution in [1.82, 2.24) is 10.6 Å². The molecule has 0 radical (unpaired) electrons. The van der Waals surface area contributed by atoms with Crippen LogP contribution in [0.2, 0.25) is 0 Å². The fourth-order valence-corrected chi connectivity index (χ4v) is 4.46. The molecule has 0 saturated carbocycles. The fourth-order valence-electron chi connectivity index (χ4n) is 2.79. The maximum absolute atomic E-state index is 11.5. The van der Waals surface area contributed by atoms with Crippen molar-refractivity contribution < 1.29 is 8.42 Å². The van der Waals surface area contributed by atoms with Gasteiger partial charge in [-0.15, -0.1) is 0 Å². The summed E-state index contributed by atoms with van der Waals surface area (Å²) < 4.78 is 23.0. The Kier molecular flexibility index (Phi) is 6.90. The molecule has 1 aliphatic rings. The molecule has 2 rings (SSSR count). The van der Waals surface area contributed by atoms with Crippen LogP contribution >= 0.6 is 0 Å². The second-order valence-electron chi connectivity index (χ2n) is 6.21. The highest BCUT2D eigenvalue weighted by atomic mass is 32.2. The maximum atomic E-state index is 11.5. The Morgan fingerprint density at radius 3 is 2.67 bits per heavy atom. The van der Waals surface area contributed by atoms with Crippen LogP contribution in [0.15, 0.2) is 35.3 Å². The standard InChI is InChI=1S/C17H28N4O2S/c1-18-17(20-15-10-13-24(22,23)14-15)19-11-6-7-12-21(2)16-8-4-3-5-9-16/h3-5,8-9,15H,6-7,10-14H2,1-2H3,(H2,18,19,20). The Bertz CT molecular complexity index is 631. The van der Waals surface area contributed by atoms with E-state index >= 15 is 0 Å².